The summed E-state index contributed by atoms with van der Waals surface area (Å²) in [5, 5.41) is 9.34. The van der Waals surface area contributed by atoms with Crippen molar-refractivity contribution in [3.05, 3.63) is 59.7 Å². The molecule has 4 heteroatoms. The van der Waals surface area contributed by atoms with E-state index in [1.807, 2.05) is 29.2 Å². The van der Waals surface area contributed by atoms with Crippen LogP contribution in [0.3, 0.4) is 0 Å². The van der Waals surface area contributed by atoms with Crippen LogP contribution in [0, 0.1) is 5.92 Å². The largest absolute Gasteiger partial charge is 0.396 e. The lowest BCUT2D eigenvalue weighted by molar-refractivity contribution is -0.118. The number of aliphatic hydroxyl groups is 1. The second-order valence-electron chi connectivity index (χ2n) is 7.06. The summed E-state index contributed by atoms with van der Waals surface area (Å²) in [7, 11) is 0. The predicted molar refractivity (Wildman–Crippen MR) is 99.1 cm³/mol. The first kappa shape index (κ1) is 16.3. The van der Waals surface area contributed by atoms with Crippen molar-refractivity contribution in [2.75, 3.05) is 31.1 Å². The van der Waals surface area contributed by atoms with Crippen molar-refractivity contribution >= 4 is 17.3 Å². The van der Waals surface area contributed by atoms with Crippen molar-refractivity contribution in [1.29, 1.82) is 0 Å². The third-order valence-corrected chi connectivity index (χ3v) is 5.37. The van der Waals surface area contributed by atoms with Crippen LogP contribution >= 0.6 is 0 Å². The van der Waals surface area contributed by atoms with Gasteiger partial charge in [0.25, 0.3) is 0 Å². The van der Waals surface area contributed by atoms with Gasteiger partial charge in [0.15, 0.2) is 0 Å². The monoisotopic (exact) mass is 336 g/mol. The van der Waals surface area contributed by atoms with Gasteiger partial charge in [-0.2, -0.15) is 0 Å². The van der Waals surface area contributed by atoms with Crippen molar-refractivity contribution in [2.45, 2.75) is 19.3 Å². The molecule has 2 aromatic rings. The van der Waals surface area contributed by atoms with E-state index in [1.54, 1.807) is 0 Å². The van der Waals surface area contributed by atoms with Crippen LogP contribution in [0.25, 0.3) is 0 Å². The van der Waals surface area contributed by atoms with E-state index in [-0.39, 0.29) is 12.5 Å². The van der Waals surface area contributed by atoms with Crippen molar-refractivity contribution in [3.8, 4) is 0 Å². The summed E-state index contributed by atoms with van der Waals surface area (Å²) < 4.78 is 0. The number of carbonyl (C=O) groups excluding carboxylic acids is 1. The number of fused-ring (bicyclic) bond motifs is 2. The molecule has 0 aliphatic carbocycles. The minimum Gasteiger partial charge on any atom is -0.396 e. The van der Waals surface area contributed by atoms with Crippen molar-refractivity contribution in [1.82, 2.24) is 4.90 Å². The number of rotatable bonds is 3. The van der Waals surface area contributed by atoms with Gasteiger partial charge in [0.05, 0.1) is 17.9 Å². The third kappa shape index (κ3) is 3.20. The molecule has 0 bridgehead atoms. The fraction of sp³-hybridized carbons (Fsp3) is 0.381. The number of likely N-dealkylation sites (tertiary alicyclic amines) is 1. The number of hydrogen-bond acceptors (Lipinski definition) is 3. The number of carbonyl (C=O) groups is 1. The second-order valence-corrected chi connectivity index (χ2v) is 7.06. The molecule has 1 saturated heterocycles. The van der Waals surface area contributed by atoms with Crippen LogP contribution in [0.4, 0.5) is 11.4 Å². The van der Waals surface area contributed by atoms with Gasteiger partial charge in [0.1, 0.15) is 0 Å². The first-order valence-corrected chi connectivity index (χ1v) is 9.08. The average molecular weight is 336 g/mol. The summed E-state index contributed by atoms with van der Waals surface area (Å²) >= 11 is 0. The zero-order valence-electron chi connectivity index (χ0n) is 14.4. The SMILES string of the molecule is O=C(CN1CC[C@H](CO)C1)N1c2ccccc2CCc2ccccc21. The molecule has 25 heavy (non-hydrogen) atoms. The standard InChI is InChI=1S/C21H24N2O2/c24-15-16-11-12-22(13-16)14-21(25)23-19-7-3-1-5-17(19)9-10-18-6-2-4-8-20(18)23/h1-8,16,24H,9-15H2/t16-/m0/s1. The molecule has 0 spiro atoms. The Hall–Kier alpha value is -2.17. The zero-order valence-corrected chi connectivity index (χ0v) is 14.4. The van der Waals surface area contributed by atoms with Crippen LogP contribution in [0.2, 0.25) is 0 Å². The first-order chi connectivity index (χ1) is 12.3. The van der Waals surface area contributed by atoms with Crippen LogP contribution in [-0.4, -0.2) is 42.2 Å². The van der Waals surface area contributed by atoms with Gasteiger partial charge in [-0.25, -0.2) is 0 Å². The van der Waals surface area contributed by atoms with Crippen LogP contribution in [0.15, 0.2) is 48.5 Å². The number of benzene rings is 2. The van der Waals surface area contributed by atoms with Crippen molar-refractivity contribution < 1.29 is 9.90 Å². The fourth-order valence-electron chi connectivity index (χ4n) is 4.02. The van der Waals surface area contributed by atoms with Crippen LogP contribution in [0.1, 0.15) is 17.5 Å². The lowest BCUT2D eigenvalue weighted by Crippen LogP contribution is -2.37. The molecular weight excluding hydrogens is 312 g/mol. The van der Waals surface area contributed by atoms with E-state index in [0.717, 1.165) is 43.7 Å². The van der Waals surface area contributed by atoms with Gasteiger partial charge in [-0.05, 0) is 55.0 Å². The molecule has 0 aromatic heterocycles. The van der Waals surface area contributed by atoms with E-state index in [2.05, 4.69) is 29.2 Å². The molecule has 0 radical (unpaired) electrons. The topological polar surface area (TPSA) is 43.8 Å². The molecule has 2 heterocycles. The molecule has 1 amide bonds. The second kappa shape index (κ2) is 6.98. The Morgan fingerprint density at radius 1 is 1.00 bits per heavy atom. The normalized spacial score (nSPS) is 20.0. The van der Waals surface area contributed by atoms with Gasteiger partial charge in [-0.15, -0.1) is 0 Å². The summed E-state index contributed by atoms with van der Waals surface area (Å²) in [6, 6.07) is 16.5. The quantitative estimate of drug-likeness (QED) is 0.937. The number of aryl methyl sites for hydroxylation is 2. The van der Waals surface area contributed by atoms with E-state index < -0.39 is 0 Å². The van der Waals surface area contributed by atoms with Gasteiger partial charge in [0, 0.05) is 13.2 Å². The molecule has 2 aliphatic rings. The average Bonchev–Trinajstić information content (AvgIpc) is 3.02. The number of anilines is 2. The minimum absolute atomic E-state index is 0.111. The Morgan fingerprint density at radius 2 is 1.60 bits per heavy atom. The third-order valence-electron chi connectivity index (χ3n) is 5.37. The number of nitrogens with zero attached hydrogens (tertiary/aromatic N) is 2. The van der Waals surface area contributed by atoms with Gasteiger partial charge in [-0.1, -0.05) is 36.4 Å². The Bertz CT molecular complexity index is 726. The number of para-hydroxylation sites is 2. The molecule has 4 rings (SSSR count). The van der Waals surface area contributed by atoms with E-state index >= 15 is 0 Å². The maximum atomic E-state index is 13.2. The molecular formula is C21H24N2O2. The maximum absolute atomic E-state index is 13.2. The Kier molecular flexibility index (Phi) is 4.55. The molecule has 2 aromatic carbocycles. The van der Waals surface area contributed by atoms with E-state index in [1.165, 1.54) is 11.1 Å². The van der Waals surface area contributed by atoms with Gasteiger partial charge >= 0.3 is 0 Å². The lowest BCUT2D eigenvalue weighted by Gasteiger charge is -2.27. The summed E-state index contributed by atoms with van der Waals surface area (Å²) in [5.74, 6) is 0.414. The number of aliphatic hydroxyl groups excluding tert-OH is 1. The zero-order chi connectivity index (χ0) is 17.2. The maximum Gasteiger partial charge on any atom is 0.245 e. The van der Waals surface area contributed by atoms with E-state index in [9.17, 15) is 9.90 Å². The lowest BCUT2D eigenvalue weighted by atomic mass is 10.0. The molecule has 0 unspecified atom stereocenters. The fourth-order valence-corrected chi connectivity index (χ4v) is 4.02. The van der Waals surface area contributed by atoms with Crippen LogP contribution < -0.4 is 4.90 Å². The molecule has 1 fully saturated rings. The number of amides is 1. The summed E-state index contributed by atoms with van der Waals surface area (Å²) in [6.07, 6.45) is 2.87. The first-order valence-electron chi connectivity index (χ1n) is 9.08. The van der Waals surface area contributed by atoms with Crippen LogP contribution in [-0.2, 0) is 17.6 Å². The summed E-state index contributed by atoms with van der Waals surface area (Å²) in [6.45, 7) is 2.30. The molecule has 1 N–H and O–H groups in total. The Balaban J connectivity index is 1.66. The minimum atomic E-state index is 0.111. The van der Waals surface area contributed by atoms with E-state index in [0.29, 0.717) is 12.5 Å². The predicted octanol–water partition coefficient (Wildman–Crippen LogP) is 2.76. The molecule has 1 atom stereocenters. The number of hydrogen-bond donors (Lipinski definition) is 1. The van der Waals surface area contributed by atoms with Gasteiger partial charge < -0.3 is 5.11 Å². The molecule has 0 saturated carbocycles. The van der Waals surface area contributed by atoms with Gasteiger partial charge in [-0.3, -0.25) is 14.6 Å². The Labute approximate surface area is 148 Å². The summed E-state index contributed by atoms with van der Waals surface area (Å²) in [5.41, 5.74) is 4.47. The van der Waals surface area contributed by atoms with Gasteiger partial charge in [0.2, 0.25) is 5.91 Å². The molecule has 4 nitrogen and oxygen atoms in total. The highest BCUT2D eigenvalue weighted by atomic mass is 16.3. The molecule has 2 aliphatic heterocycles. The summed E-state index contributed by atoms with van der Waals surface area (Å²) in [4.78, 5) is 17.3. The van der Waals surface area contributed by atoms with Crippen molar-refractivity contribution in [3.63, 3.8) is 0 Å². The van der Waals surface area contributed by atoms with Crippen molar-refractivity contribution in [2.24, 2.45) is 5.92 Å². The highest BCUT2D eigenvalue weighted by Crippen LogP contribution is 2.36. The smallest absolute Gasteiger partial charge is 0.245 e. The van der Waals surface area contributed by atoms with Crippen LogP contribution in [0.5, 0.6) is 0 Å². The highest BCUT2D eigenvalue weighted by Gasteiger charge is 2.29. The Morgan fingerprint density at radius 3 is 2.16 bits per heavy atom. The molecule has 130 valence electrons. The highest BCUT2D eigenvalue weighted by molar-refractivity contribution is 6.03. The van der Waals surface area contributed by atoms with E-state index in [4.69, 9.17) is 0 Å².